The Morgan fingerprint density at radius 1 is 0.778 bits per heavy atom. The van der Waals surface area contributed by atoms with Crippen molar-refractivity contribution in [2.75, 3.05) is 19.6 Å². The quantitative estimate of drug-likeness (QED) is 0.188. The molecule has 4 rings (SSSR count). The zero-order chi connectivity index (χ0) is 25.2. The average molecular weight is 487 g/mol. The molecule has 1 unspecified atom stereocenters. The number of nitrogens with zero attached hydrogens (tertiary/aromatic N) is 4. The smallest absolute Gasteiger partial charge is 0.123 e. The second kappa shape index (κ2) is 13.4. The third-order valence-electron chi connectivity index (χ3n) is 6.99. The third-order valence-corrected chi connectivity index (χ3v) is 6.99. The van der Waals surface area contributed by atoms with Gasteiger partial charge < -0.3 is 14.9 Å². The van der Waals surface area contributed by atoms with Crippen molar-refractivity contribution in [2.24, 2.45) is 0 Å². The van der Waals surface area contributed by atoms with Crippen molar-refractivity contribution in [1.82, 2.24) is 29.7 Å². The summed E-state index contributed by atoms with van der Waals surface area (Å²) in [5.74, 6) is 1.94. The van der Waals surface area contributed by atoms with E-state index in [1.807, 2.05) is 24.8 Å². The minimum absolute atomic E-state index is 0.147. The number of hydrogen-bond acceptors (Lipinski definition) is 4. The fourth-order valence-corrected chi connectivity index (χ4v) is 5.05. The van der Waals surface area contributed by atoms with Crippen molar-refractivity contribution in [1.29, 1.82) is 0 Å². The molecule has 1 atom stereocenters. The van der Waals surface area contributed by atoms with Gasteiger partial charge in [0.1, 0.15) is 11.6 Å². The van der Waals surface area contributed by atoms with Crippen LogP contribution < -0.4 is 0 Å². The number of unbranched alkanes of at least 4 members (excludes halogenated alkanes) is 1. The lowest BCUT2D eigenvalue weighted by molar-refractivity contribution is 0.181. The summed E-state index contributed by atoms with van der Waals surface area (Å²) in [7, 11) is 0. The maximum Gasteiger partial charge on any atom is 0.123 e. The summed E-state index contributed by atoms with van der Waals surface area (Å²) in [5, 5.41) is 2.63. The topological polar surface area (TPSA) is 63.8 Å². The van der Waals surface area contributed by atoms with Crippen LogP contribution in [-0.4, -0.2) is 49.4 Å². The monoisotopic (exact) mass is 486 g/mol. The molecule has 192 valence electrons. The van der Waals surface area contributed by atoms with Crippen LogP contribution in [0.5, 0.6) is 0 Å². The van der Waals surface area contributed by atoms with E-state index < -0.39 is 0 Å². The third kappa shape index (κ3) is 7.28. The van der Waals surface area contributed by atoms with Gasteiger partial charge in [-0.25, -0.2) is 9.97 Å². The first-order chi connectivity index (χ1) is 17.7. The molecule has 0 fully saturated rings. The Morgan fingerprint density at radius 3 is 2.14 bits per heavy atom. The molecule has 0 saturated heterocycles. The number of rotatable bonds is 15. The zero-order valence-electron chi connectivity index (χ0n) is 22.2. The first kappa shape index (κ1) is 26.1. The predicted molar refractivity (Wildman–Crippen MR) is 149 cm³/mol. The van der Waals surface area contributed by atoms with Gasteiger partial charge >= 0.3 is 0 Å². The van der Waals surface area contributed by atoms with Gasteiger partial charge in [0.2, 0.25) is 0 Å². The summed E-state index contributed by atoms with van der Waals surface area (Å²) in [5.41, 5.74) is 2.74. The SMILES string of the molecule is CCCN(CCC)CCCCc1ccc2cc(CN(Cc3ncc[nH]3)C(C)c3ncc[nH]3)ccc2c1. The van der Waals surface area contributed by atoms with Gasteiger partial charge in [-0.05, 0) is 86.6 Å². The van der Waals surface area contributed by atoms with Crippen LogP contribution in [0.4, 0.5) is 0 Å². The highest BCUT2D eigenvalue weighted by Gasteiger charge is 2.19. The van der Waals surface area contributed by atoms with E-state index in [9.17, 15) is 0 Å². The standard InChI is InChI=1S/C30H42N6/c1-4-17-35(18-5-2)19-7-6-8-25-9-11-28-21-26(10-12-27(28)20-25)22-36(23-29-31-13-14-32-29)24(3)30-33-15-16-34-30/h9-16,20-21,24H,4-8,17-19,22-23H2,1-3H3,(H,31,32)(H,33,34). The van der Waals surface area contributed by atoms with Gasteiger partial charge in [0.25, 0.3) is 0 Å². The normalized spacial score (nSPS) is 12.7. The van der Waals surface area contributed by atoms with E-state index >= 15 is 0 Å². The van der Waals surface area contributed by atoms with E-state index in [0.29, 0.717) is 0 Å². The van der Waals surface area contributed by atoms with E-state index in [1.165, 1.54) is 67.2 Å². The van der Waals surface area contributed by atoms with Crippen LogP contribution in [-0.2, 0) is 19.5 Å². The zero-order valence-corrected chi connectivity index (χ0v) is 22.2. The molecule has 2 N–H and O–H groups in total. The number of aryl methyl sites for hydroxylation is 1. The van der Waals surface area contributed by atoms with Crippen molar-refractivity contribution in [2.45, 2.75) is 72.0 Å². The van der Waals surface area contributed by atoms with Crippen LogP contribution in [0.15, 0.2) is 61.2 Å². The second-order valence-electron chi connectivity index (χ2n) is 9.91. The molecule has 0 amide bonds. The van der Waals surface area contributed by atoms with Gasteiger partial charge in [0.15, 0.2) is 0 Å². The maximum atomic E-state index is 4.50. The summed E-state index contributed by atoms with van der Waals surface area (Å²) in [6, 6.07) is 14.0. The molecule has 2 aromatic carbocycles. The Kier molecular flexibility index (Phi) is 9.70. The predicted octanol–water partition coefficient (Wildman–Crippen LogP) is 6.49. The second-order valence-corrected chi connectivity index (χ2v) is 9.91. The number of aromatic nitrogens is 4. The average Bonchev–Trinajstić information content (AvgIpc) is 3.61. The molecule has 2 aromatic heterocycles. The number of imidazole rings is 2. The van der Waals surface area contributed by atoms with E-state index in [4.69, 9.17) is 0 Å². The molecule has 36 heavy (non-hydrogen) atoms. The number of nitrogens with one attached hydrogen (secondary N) is 2. The fourth-order valence-electron chi connectivity index (χ4n) is 5.05. The number of hydrogen-bond donors (Lipinski definition) is 2. The molecule has 0 bridgehead atoms. The van der Waals surface area contributed by atoms with Crippen molar-refractivity contribution in [3.05, 3.63) is 84.0 Å². The Hall–Kier alpha value is -2.96. The number of fused-ring (bicyclic) bond motifs is 1. The molecule has 0 saturated carbocycles. The maximum absolute atomic E-state index is 4.50. The molecular weight excluding hydrogens is 444 g/mol. The number of H-pyrrole nitrogens is 2. The highest BCUT2D eigenvalue weighted by molar-refractivity contribution is 5.83. The molecule has 0 aliphatic heterocycles. The summed E-state index contributed by atoms with van der Waals surface area (Å²) in [6.45, 7) is 12.0. The van der Waals surface area contributed by atoms with Crippen LogP contribution in [0.25, 0.3) is 10.8 Å². The Labute approximate surface area is 216 Å². The van der Waals surface area contributed by atoms with Crippen LogP contribution in [0.3, 0.4) is 0 Å². The Morgan fingerprint density at radius 2 is 1.47 bits per heavy atom. The molecule has 4 aromatic rings. The number of benzene rings is 2. The number of aromatic amines is 2. The highest BCUT2D eigenvalue weighted by atomic mass is 15.2. The van der Waals surface area contributed by atoms with Gasteiger partial charge in [0, 0.05) is 31.3 Å². The van der Waals surface area contributed by atoms with E-state index in [2.05, 4.69) is 86.9 Å². The Balaban J connectivity index is 1.39. The van der Waals surface area contributed by atoms with E-state index in [0.717, 1.165) is 31.2 Å². The largest absolute Gasteiger partial charge is 0.348 e. The van der Waals surface area contributed by atoms with Gasteiger partial charge in [0.05, 0.1) is 12.6 Å². The molecule has 2 heterocycles. The molecule has 0 radical (unpaired) electrons. The van der Waals surface area contributed by atoms with E-state index in [1.54, 1.807) is 0 Å². The van der Waals surface area contributed by atoms with Crippen molar-refractivity contribution in [3.8, 4) is 0 Å². The van der Waals surface area contributed by atoms with Gasteiger partial charge in [-0.3, -0.25) is 4.90 Å². The van der Waals surface area contributed by atoms with Crippen molar-refractivity contribution in [3.63, 3.8) is 0 Å². The minimum Gasteiger partial charge on any atom is -0.348 e. The molecule has 0 aliphatic rings. The van der Waals surface area contributed by atoms with Crippen molar-refractivity contribution < 1.29 is 0 Å². The fraction of sp³-hybridized carbons (Fsp3) is 0.467. The first-order valence-corrected chi connectivity index (χ1v) is 13.6. The summed E-state index contributed by atoms with van der Waals surface area (Å²) in [6.07, 6.45) is 13.6. The van der Waals surface area contributed by atoms with Crippen LogP contribution in [0.1, 0.15) is 75.3 Å². The van der Waals surface area contributed by atoms with Gasteiger partial charge in [-0.15, -0.1) is 0 Å². The molecular formula is C30H42N6. The summed E-state index contributed by atoms with van der Waals surface area (Å²) >= 11 is 0. The lowest BCUT2D eigenvalue weighted by Crippen LogP contribution is -2.27. The summed E-state index contributed by atoms with van der Waals surface area (Å²) < 4.78 is 0. The lowest BCUT2D eigenvalue weighted by Gasteiger charge is -2.27. The highest BCUT2D eigenvalue weighted by Crippen LogP contribution is 2.24. The van der Waals surface area contributed by atoms with E-state index in [-0.39, 0.29) is 6.04 Å². The van der Waals surface area contributed by atoms with Gasteiger partial charge in [-0.1, -0.05) is 44.2 Å². The first-order valence-electron chi connectivity index (χ1n) is 13.6. The molecule has 0 aliphatic carbocycles. The van der Waals surface area contributed by atoms with Crippen LogP contribution in [0, 0.1) is 0 Å². The van der Waals surface area contributed by atoms with Gasteiger partial charge in [-0.2, -0.15) is 0 Å². The minimum atomic E-state index is 0.147. The molecule has 6 nitrogen and oxygen atoms in total. The van der Waals surface area contributed by atoms with Crippen LogP contribution in [0.2, 0.25) is 0 Å². The molecule has 6 heteroatoms. The summed E-state index contributed by atoms with van der Waals surface area (Å²) in [4.78, 5) is 20.5. The lowest BCUT2D eigenvalue weighted by atomic mass is 10.0. The van der Waals surface area contributed by atoms with Crippen LogP contribution >= 0.6 is 0 Å². The molecule has 0 spiro atoms. The Bertz CT molecular complexity index is 1150. The van der Waals surface area contributed by atoms with Crippen molar-refractivity contribution >= 4 is 10.8 Å².